The van der Waals surface area contributed by atoms with Crippen LogP contribution in [0.4, 0.5) is 0 Å². The Morgan fingerprint density at radius 1 is 1.40 bits per heavy atom. The molecule has 2 unspecified atom stereocenters. The summed E-state index contributed by atoms with van der Waals surface area (Å²) in [6, 6.07) is 0. The van der Waals surface area contributed by atoms with Crippen LogP contribution in [0.25, 0.3) is 0 Å². The largest absolute Gasteiger partial charge is 0.102 e. The third kappa shape index (κ3) is 0.247. The fourth-order valence-corrected chi connectivity index (χ4v) is 4.09. The standard InChI is InChI=1S/C10H14/c1-3-10-7-5-4-6-8(10)9(7,10)2/h3,7-8H,1,4-6H2,2H3. The molecule has 0 bridgehead atoms. The summed E-state index contributed by atoms with van der Waals surface area (Å²) in [6.45, 7) is 6.43. The summed E-state index contributed by atoms with van der Waals surface area (Å²) in [6.07, 6.45) is 6.71. The van der Waals surface area contributed by atoms with Gasteiger partial charge in [0, 0.05) is 5.41 Å². The molecular weight excluding hydrogens is 120 g/mol. The Balaban J connectivity index is 2.02. The molecule has 0 aliphatic heterocycles. The molecule has 0 spiro atoms. The van der Waals surface area contributed by atoms with Crippen LogP contribution in [-0.2, 0) is 0 Å². The molecule has 3 rings (SSSR count). The quantitative estimate of drug-likeness (QED) is 0.483. The molecule has 0 aromatic heterocycles. The third-order valence-corrected chi connectivity index (χ3v) is 4.69. The molecule has 3 aliphatic carbocycles. The van der Waals surface area contributed by atoms with E-state index in [2.05, 4.69) is 19.6 Å². The molecule has 3 fully saturated rings. The molecule has 0 heterocycles. The van der Waals surface area contributed by atoms with E-state index in [4.69, 9.17) is 0 Å². The highest BCUT2D eigenvalue weighted by Crippen LogP contribution is 2.97. The van der Waals surface area contributed by atoms with Crippen LogP contribution in [0.1, 0.15) is 26.2 Å². The Bertz CT molecular complexity index is 202. The topological polar surface area (TPSA) is 0 Å². The van der Waals surface area contributed by atoms with Crippen molar-refractivity contribution in [3.8, 4) is 0 Å². The minimum atomic E-state index is 0.672. The van der Waals surface area contributed by atoms with E-state index in [0.717, 1.165) is 17.3 Å². The van der Waals surface area contributed by atoms with Crippen molar-refractivity contribution in [1.82, 2.24) is 0 Å². The molecule has 0 aromatic carbocycles. The van der Waals surface area contributed by atoms with E-state index in [9.17, 15) is 0 Å². The Hall–Kier alpha value is -0.260. The molecule has 0 nitrogen and oxygen atoms in total. The van der Waals surface area contributed by atoms with Gasteiger partial charge < -0.3 is 0 Å². The maximum absolute atomic E-state index is 3.96. The van der Waals surface area contributed by atoms with Gasteiger partial charge in [0.2, 0.25) is 0 Å². The fourth-order valence-electron chi connectivity index (χ4n) is 4.09. The van der Waals surface area contributed by atoms with Gasteiger partial charge in [-0.3, -0.25) is 0 Å². The van der Waals surface area contributed by atoms with Crippen LogP contribution in [0.5, 0.6) is 0 Å². The van der Waals surface area contributed by atoms with Crippen molar-refractivity contribution in [3.63, 3.8) is 0 Å². The van der Waals surface area contributed by atoms with Gasteiger partial charge in [-0.05, 0) is 30.1 Å². The molecule has 3 saturated carbocycles. The van der Waals surface area contributed by atoms with E-state index >= 15 is 0 Å². The van der Waals surface area contributed by atoms with Crippen molar-refractivity contribution in [1.29, 1.82) is 0 Å². The summed E-state index contributed by atoms with van der Waals surface area (Å²) in [7, 11) is 0. The zero-order valence-electron chi connectivity index (χ0n) is 6.56. The lowest BCUT2D eigenvalue weighted by atomic mass is 9.79. The first kappa shape index (κ1) is 5.40. The number of rotatable bonds is 1. The first-order chi connectivity index (χ1) is 4.78. The van der Waals surface area contributed by atoms with Crippen molar-refractivity contribution < 1.29 is 0 Å². The summed E-state index contributed by atoms with van der Waals surface area (Å²) < 4.78 is 0. The van der Waals surface area contributed by atoms with Crippen LogP contribution in [0, 0.1) is 22.7 Å². The van der Waals surface area contributed by atoms with Gasteiger partial charge in [-0.25, -0.2) is 0 Å². The molecule has 0 heteroatoms. The normalized spacial score (nSPS) is 68.5. The molecule has 10 heavy (non-hydrogen) atoms. The number of hydrogen-bond acceptors (Lipinski definition) is 0. The van der Waals surface area contributed by atoms with E-state index in [1.165, 1.54) is 19.3 Å². The third-order valence-electron chi connectivity index (χ3n) is 4.69. The zero-order valence-corrected chi connectivity index (χ0v) is 6.56. The van der Waals surface area contributed by atoms with Crippen LogP contribution in [0.2, 0.25) is 0 Å². The van der Waals surface area contributed by atoms with Gasteiger partial charge in [0.15, 0.2) is 0 Å². The Labute approximate surface area is 62.3 Å². The predicted octanol–water partition coefficient (Wildman–Crippen LogP) is 2.61. The first-order valence-electron chi connectivity index (χ1n) is 4.42. The number of allylic oxidation sites excluding steroid dienone is 1. The van der Waals surface area contributed by atoms with E-state index in [0.29, 0.717) is 5.41 Å². The van der Waals surface area contributed by atoms with E-state index < -0.39 is 0 Å². The Morgan fingerprint density at radius 2 is 2.00 bits per heavy atom. The Morgan fingerprint density at radius 3 is 2.30 bits per heavy atom. The average Bonchev–Trinajstić information content (AvgIpc) is 2.75. The molecule has 3 aliphatic rings. The summed E-state index contributed by atoms with van der Waals surface area (Å²) in [5.74, 6) is 2.10. The van der Waals surface area contributed by atoms with Gasteiger partial charge >= 0.3 is 0 Å². The summed E-state index contributed by atoms with van der Waals surface area (Å²) in [5.41, 5.74) is 1.43. The van der Waals surface area contributed by atoms with Gasteiger partial charge in [-0.1, -0.05) is 19.4 Å². The molecule has 54 valence electrons. The molecular formula is C10H14. The lowest BCUT2D eigenvalue weighted by Crippen LogP contribution is -2.17. The SMILES string of the molecule is C=CC12C3CCCC1C32C. The summed E-state index contributed by atoms with van der Waals surface area (Å²) in [4.78, 5) is 0. The fraction of sp³-hybridized carbons (Fsp3) is 0.800. The molecule has 0 amide bonds. The molecule has 0 aromatic rings. The second kappa shape index (κ2) is 1.11. The van der Waals surface area contributed by atoms with Crippen LogP contribution in [-0.4, -0.2) is 0 Å². The van der Waals surface area contributed by atoms with Crippen molar-refractivity contribution in [2.45, 2.75) is 26.2 Å². The maximum atomic E-state index is 3.96. The van der Waals surface area contributed by atoms with E-state index in [1.807, 2.05) is 0 Å². The highest BCUT2D eigenvalue weighted by Gasteiger charge is 2.93. The predicted molar refractivity (Wildman–Crippen MR) is 41.6 cm³/mol. The van der Waals surface area contributed by atoms with Gasteiger partial charge in [0.1, 0.15) is 0 Å². The highest BCUT2D eigenvalue weighted by molar-refractivity contribution is 5.46. The second-order valence-corrected chi connectivity index (χ2v) is 4.46. The van der Waals surface area contributed by atoms with E-state index in [1.54, 1.807) is 0 Å². The summed E-state index contributed by atoms with van der Waals surface area (Å²) >= 11 is 0. The number of hydrogen-bond donors (Lipinski definition) is 0. The van der Waals surface area contributed by atoms with Crippen LogP contribution in [0.15, 0.2) is 12.7 Å². The van der Waals surface area contributed by atoms with Crippen molar-refractivity contribution >= 4 is 0 Å². The molecule has 0 saturated heterocycles. The van der Waals surface area contributed by atoms with Gasteiger partial charge in [0.05, 0.1) is 0 Å². The molecule has 2 atom stereocenters. The van der Waals surface area contributed by atoms with Crippen molar-refractivity contribution in [2.24, 2.45) is 22.7 Å². The number of fused-ring (bicyclic) bond motifs is 2. The lowest BCUT2D eigenvalue weighted by molar-refractivity contribution is 0.260. The first-order valence-corrected chi connectivity index (χ1v) is 4.42. The minimum absolute atomic E-state index is 0.672. The maximum Gasteiger partial charge on any atom is 0.000645 e. The van der Waals surface area contributed by atoms with Crippen molar-refractivity contribution in [2.75, 3.05) is 0 Å². The average molecular weight is 134 g/mol. The molecule has 0 N–H and O–H groups in total. The summed E-state index contributed by atoms with van der Waals surface area (Å²) in [5, 5.41) is 0. The lowest BCUT2D eigenvalue weighted by Gasteiger charge is -2.25. The van der Waals surface area contributed by atoms with Gasteiger partial charge in [-0.2, -0.15) is 0 Å². The smallest absolute Gasteiger partial charge is 0.000645 e. The highest BCUT2D eigenvalue weighted by atomic mass is 15.0. The van der Waals surface area contributed by atoms with Gasteiger partial charge in [-0.15, -0.1) is 6.58 Å². The van der Waals surface area contributed by atoms with Crippen LogP contribution in [0.3, 0.4) is 0 Å². The van der Waals surface area contributed by atoms with Crippen LogP contribution >= 0.6 is 0 Å². The monoisotopic (exact) mass is 134 g/mol. The molecule has 0 radical (unpaired) electrons. The second-order valence-electron chi connectivity index (χ2n) is 4.46. The van der Waals surface area contributed by atoms with Crippen LogP contribution < -0.4 is 0 Å². The van der Waals surface area contributed by atoms with E-state index in [-0.39, 0.29) is 0 Å². The minimum Gasteiger partial charge on any atom is -0.102 e. The Kier molecular flexibility index (Phi) is 0.598. The van der Waals surface area contributed by atoms with Crippen molar-refractivity contribution in [3.05, 3.63) is 12.7 Å². The van der Waals surface area contributed by atoms with Gasteiger partial charge in [0.25, 0.3) is 0 Å². The zero-order chi connectivity index (χ0) is 6.98.